The van der Waals surface area contributed by atoms with E-state index in [1.807, 2.05) is 18.2 Å². The molecule has 0 bridgehead atoms. The maximum atomic E-state index is 13.0. The summed E-state index contributed by atoms with van der Waals surface area (Å²) >= 11 is 0. The summed E-state index contributed by atoms with van der Waals surface area (Å²) in [6.45, 7) is 3.52. The van der Waals surface area contributed by atoms with E-state index >= 15 is 0 Å². The number of alkyl halides is 3. The zero-order valence-corrected chi connectivity index (χ0v) is 17.8. The van der Waals surface area contributed by atoms with Crippen LogP contribution in [-0.4, -0.2) is 32.5 Å². The molecule has 0 radical (unpaired) electrons. The molecule has 1 fully saturated rings. The van der Waals surface area contributed by atoms with Gasteiger partial charge in [-0.15, -0.1) is 0 Å². The van der Waals surface area contributed by atoms with Crippen LogP contribution in [0.1, 0.15) is 36.5 Å². The number of hydrogen-bond donors (Lipinski definition) is 1. The molecule has 172 valence electrons. The largest absolute Gasteiger partial charge is 0.454 e. The maximum absolute atomic E-state index is 13.0. The number of ether oxygens (including phenoxy) is 3. The summed E-state index contributed by atoms with van der Waals surface area (Å²) in [7, 11) is 0. The average Bonchev–Trinajstić information content (AvgIpc) is 3.26. The van der Waals surface area contributed by atoms with Gasteiger partial charge >= 0.3 is 6.18 Å². The molecular formula is C24H26F3NO4. The monoisotopic (exact) mass is 449 g/mol. The molecule has 1 N–H and O–H groups in total. The molecule has 2 heterocycles. The summed E-state index contributed by atoms with van der Waals surface area (Å²) in [5.41, 5.74) is 0.534. The zero-order valence-electron chi connectivity index (χ0n) is 17.8. The molecule has 1 unspecified atom stereocenters. The highest BCUT2D eigenvalue weighted by molar-refractivity contribution is 5.78. The highest BCUT2D eigenvalue weighted by Crippen LogP contribution is 2.40. The van der Waals surface area contributed by atoms with Crippen LogP contribution in [0.2, 0.25) is 0 Å². The Balaban J connectivity index is 1.44. The third kappa shape index (κ3) is 4.85. The first-order valence-corrected chi connectivity index (χ1v) is 10.7. The van der Waals surface area contributed by atoms with Crippen molar-refractivity contribution < 1.29 is 32.2 Å². The van der Waals surface area contributed by atoms with E-state index in [1.165, 1.54) is 6.07 Å². The third-order valence-corrected chi connectivity index (χ3v) is 6.28. The van der Waals surface area contributed by atoms with Crippen molar-refractivity contribution in [3.05, 3.63) is 59.2 Å². The molecule has 8 heteroatoms. The number of benzene rings is 2. The van der Waals surface area contributed by atoms with Crippen molar-refractivity contribution in [2.75, 3.05) is 26.6 Å². The van der Waals surface area contributed by atoms with Crippen LogP contribution in [0.15, 0.2) is 42.5 Å². The van der Waals surface area contributed by atoms with Gasteiger partial charge in [0.15, 0.2) is 11.5 Å². The second-order valence-corrected chi connectivity index (χ2v) is 8.48. The lowest BCUT2D eigenvalue weighted by Gasteiger charge is -2.38. The minimum absolute atomic E-state index is 0.186. The fourth-order valence-electron chi connectivity index (χ4n) is 4.31. The SMILES string of the molecule is CC(Cc1cccc(C(F)(F)F)c1)C(=O)NCC1(c2ccc3c(c2)OCO3)CCOCC1. The maximum Gasteiger partial charge on any atom is 0.416 e. The van der Waals surface area contributed by atoms with Crippen molar-refractivity contribution in [1.82, 2.24) is 5.32 Å². The number of hydrogen-bond acceptors (Lipinski definition) is 4. The number of amides is 1. The molecule has 0 aromatic heterocycles. The van der Waals surface area contributed by atoms with Gasteiger partial charge in [0.1, 0.15) is 0 Å². The minimum Gasteiger partial charge on any atom is -0.454 e. The first-order valence-electron chi connectivity index (χ1n) is 10.7. The molecule has 0 saturated carbocycles. The third-order valence-electron chi connectivity index (χ3n) is 6.28. The van der Waals surface area contributed by atoms with Gasteiger partial charge in [0.05, 0.1) is 5.56 Å². The molecular weight excluding hydrogens is 423 g/mol. The van der Waals surface area contributed by atoms with E-state index in [2.05, 4.69) is 5.32 Å². The van der Waals surface area contributed by atoms with Gasteiger partial charge in [0.2, 0.25) is 12.7 Å². The van der Waals surface area contributed by atoms with Gasteiger partial charge < -0.3 is 19.5 Å². The van der Waals surface area contributed by atoms with E-state index in [0.717, 1.165) is 30.5 Å². The van der Waals surface area contributed by atoms with Crippen molar-refractivity contribution in [3.63, 3.8) is 0 Å². The smallest absolute Gasteiger partial charge is 0.416 e. The van der Waals surface area contributed by atoms with Crippen LogP contribution >= 0.6 is 0 Å². The molecule has 32 heavy (non-hydrogen) atoms. The summed E-state index contributed by atoms with van der Waals surface area (Å²) in [4.78, 5) is 12.8. The van der Waals surface area contributed by atoms with Crippen LogP contribution < -0.4 is 14.8 Å². The topological polar surface area (TPSA) is 56.8 Å². The quantitative estimate of drug-likeness (QED) is 0.707. The fourth-order valence-corrected chi connectivity index (χ4v) is 4.31. The molecule has 2 aromatic carbocycles. The van der Waals surface area contributed by atoms with Crippen molar-refractivity contribution in [1.29, 1.82) is 0 Å². The number of carbonyl (C=O) groups excluding carboxylic acids is 1. The summed E-state index contributed by atoms with van der Waals surface area (Å²) in [6.07, 6.45) is -2.68. The van der Waals surface area contributed by atoms with Crippen molar-refractivity contribution in [2.45, 2.75) is 37.8 Å². The van der Waals surface area contributed by atoms with Gasteiger partial charge in [-0.1, -0.05) is 31.2 Å². The Hall–Kier alpha value is -2.74. The van der Waals surface area contributed by atoms with Crippen LogP contribution in [0.4, 0.5) is 13.2 Å². The second-order valence-electron chi connectivity index (χ2n) is 8.48. The molecule has 2 aliphatic rings. The van der Waals surface area contributed by atoms with E-state index in [-0.39, 0.29) is 24.5 Å². The van der Waals surface area contributed by atoms with E-state index in [4.69, 9.17) is 14.2 Å². The van der Waals surface area contributed by atoms with Crippen LogP contribution in [0.5, 0.6) is 11.5 Å². The number of carbonyl (C=O) groups is 1. The molecule has 1 atom stereocenters. The molecule has 5 nitrogen and oxygen atoms in total. The van der Waals surface area contributed by atoms with Crippen molar-refractivity contribution in [2.24, 2.45) is 5.92 Å². The van der Waals surface area contributed by atoms with Crippen molar-refractivity contribution >= 4 is 5.91 Å². The van der Waals surface area contributed by atoms with Crippen molar-refractivity contribution in [3.8, 4) is 11.5 Å². The number of rotatable bonds is 6. The Morgan fingerprint density at radius 1 is 1.09 bits per heavy atom. The van der Waals surface area contributed by atoms with E-state index < -0.39 is 17.7 Å². The summed E-state index contributed by atoms with van der Waals surface area (Å²) in [5.74, 6) is 0.744. The van der Waals surface area contributed by atoms with Crippen LogP contribution in [0, 0.1) is 5.92 Å². The number of nitrogens with one attached hydrogen (secondary N) is 1. The Kier molecular flexibility index (Phi) is 6.33. The summed E-state index contributed by atoms with van der Waals surface area (Å²) < 4.78 is 55.4. The molecule has 1 amide bonds. The van der Waals surface area contributed by atoms with Crippen LogP contribution in [0.3, 0.4) is 0 Å². The first-order chi connectivity index (χ1) is 15.3. The zero-order chi connectivity index (χ0) is 22.8. The van der Waals surface area contributed by atoms with Crippen LogP contribution in [0.25, 0.3) is 0 Å². The number of halogens is 3. The normalized spacial score (nSPS) is 18.2. The summed E-state index contributed by atoms with van der Waals surface area (Å²) in [6, 6.07) is 11.0. The van der Waals surface area contributed by atoms with E-state index in [9.17, 15) is 18.0 Å². The highest BCUT2D eigenvalue weighted by Gasteiger charge is 2.36. The fraction of sp³-hybridized carbons (Fsp3) is 0.458. The molecule has 4 rings (SSSR count). The summed E-state index contributed by atoms with van der Waals surface area (Å²) in [5, 5.41) is 3.04. The Labute approximate surface area is 184 Å². The predicted octanol–water partition coefficient (Wildman–Crippen LogP) is 4.48. The Morgan fingerprint density at radius 3 is 2.59 bits per heavy atom. The molecule has 2 aromatic rings. The molecule has 0 spiro atoms. The lowest BCUT2D eigenvalue weighted by molar-refractivity contribution is -0.137. The van der Waals surface area contributed by atoms with Gasteiger partial charge in [-0.05, 0) is 48.6 Å². The van der Waals surface area contributed by atoms with Gasteiger partial charge in [-0.3, -0.25) is 4.79 Å². The average molecular weight is 449 g/mol. The van der Waals surface area contributed by atoms with E-state index in [0.29, 0.717) is 36.8 Å². The van der Waals surface area contributed by atoms with Gasteiger partial charge in [-0.2, -0.15) is 13.2 Å². The Morgan fingerprint density at radius 2 is 1.84 bits per heavy atom. The lowest BCUT2D eigenvalue weighted by atomic mass is 9.74. The van der Waals surface area contributed by atoms with Gasteiger partial charge in [0, 0.05) is 31.1 Å². The molecule has 0 aliphatic carbocycles. The standard InChI is InChI=1S/C24H26F3NO4/c1-16(11-17-3-2-4-19(12-17)24(25,26)27)22(29)28-14-23(7-9-30-10-8-23)18-5-6-20-21(13-18)32-15-31-20/h2-6,12-13,16H,7-11,14-15H2,1H3,(H,28,29). The van der Waals surface area contributed by atoms with E-state index in [1.54, 1.807) is 13.0 Å². The molecule has 1 saturated heterocycles. The van der Waals surface area contributed by atoms with Crippen LogP contribution in [-0.2, 0) is 27.5 Å². The highest BCUT2D eigenvalue weighted by atomic mass is 19.4. The lowest BCUT2D eigenvalue weighted by Crippen LogP contribution is -2.46. The first kappa shape index (κ1) is 22.5. The minimum atomic E-state index is -4.40. The Bertz CT molecular complexity index is 970. The predicted molar refractivity (Wildman–Crippen MR) is 112 cm³/mol. The second kappa shape index (κ2) is 9.02. The number of fused-ring (bicyclic) bond motifs is 1. The van der Waals surface area contributed by atoms with Gasteiger partial charge in [-0.25, -0.2) is 0 Å². The molecule has 2 aliphatic heterocycles. The van der Waals surface area contributed by atoms with Gasteiger partial charge in [0.25, 0.3) is 0 Å².